The van der Waals surface area contributed by atoms with Crippen molar-refractivity contribution >= 4 is 15.9 Å². The predicted octanol–water partition coefficient (Wildman–Crippen LogP) is -0.267. The topological polar surface area (TPSA) is 99.1 Å². The molecule has 0 heterocycles. The van der Waals surface area contributed by atoms with Crippen LogP contribution in [0.3, 0.4) is 0 Å². The van der Waals surface area contributed by atoms with Gasteiger partial charge in [0.2, 0.25) is 15.9 Å². The molecule has 2 atom stereocenters. The lowest BCUT2D eigenvalue weighted by atomic mass is 10.3. The molecule has 0 aromatic carbocycles. The number of nitrogens with zero attached hydrogens (tertiary/aromatic N) is 1. The summed E-state index contributed by atoms with van der Waals surface area (Å²) in [6, 6.07) is 0.818. The van der Waals surface area contributed by atoms with Gasteiger partial charge in [0, 0.05) is 6.54 Å². The van der Waals surface area contributed by atoms with Gasteiger partial charge in [-0.15, -0.1) is 0 Å². The zero-order chi connectivity index (χ0) is 12.8. The lowest BCUT2D eigenvalue weighted by molar-refractivity contribution is -0.122. The molecule has 0 rings (SSSR count). The van der Waals surface area contributed by atoms with Gasteiger partial charge in [-0.05, 0) is 20.3 Å². The predicted molar refractivity (Wildman–Crippen MR) is 59.9 cm³/mol. The third-order valence-corrected chi connectivity index (χ3v) is 3.84. The molecule has 16 heavy (non-hydrogen) atoms. The first-order valence-electron chi connectivity index (χ1n) is 5.07. The maximum Gasteiger partial charge on any atom is 0.237 e. The first kappa shape index (κ1) is 14.9. The van der Waals surface area contributed by atoms with Crippen molar-refractivity contribution in [2.75, 3.05) is 6.54 Å². The van der Waals surface area contributed by atoms with Gasteiger partial charge < -0.3 is 5.32 Å². The van der Waals surface area contributed by atoms with Gasteiger partial charge in [0.05, 0.1) is 12.1 Å². The van der Waals surface area contributed by atoms with Crippen LogP contribution in [0.1, 0.15) is 27.2 Å². The van der Waals surface area contributed by atoms with E-state index in [2.05, 4.69) is 10.0 Å². The lowest BCUT2D eigenvalue weighted by Gasteiger charge is -2.15. The van der Waals surface area contributed by atoms with E-state index >= 15 is 0 Å². The monoisotopic (exact) mass is 247 g/mol. The van der Waals surface area contributed by atoms with Crippen molar-refractivity contribution in [3.63, 3.8) is 0 Å². The molecule has 1 amide bonds. The first-order chi connectivity index (χ1) is 7.38. The molecule has 0 aliphatic carbocycles. The SMILES string of the molecule is CCNC(=O)C(C)NS(=O)(=O)C(C#N)CC. The molecule has 0 radical (unpaired) electrons. The fraction of sp³-hybridized carbons (Fsp3) is 0.778. The van der Waals surface area contributed by atoms with Crippen LogP contribution >= 0.6 is 0 Å². The summed E-state index contributed by atoms with van der Waals surface area (Å²) in [6.07, 6.45) is 0.188. The van der Waals surface area contributed by atoms with E-state index in [1.165, 1.54) is 6.92 Å². The maximum atomic E-state index is 11.6. The van der Waals surface area contributed by atoms with Crippen molar-refractivity contribution in [1.29, 1.82) is 5.26 Å². The summed E-state index contributed by atoms with van der Waals surface area (Å²) in [4.78, 5) is 11.3. The van der Waals surface area contributed by atoms with Gasteiger partial charge in [-0.2, -0.15) is 5.26 Å². The number of nitrogens with one attached hydrogen (secondary N) is 2. The normalized spacial score (nSPS) is 14.9. The van der Waals surface area contributed by atoms with Crippen LogP contribution in [0.2, 0.25) is 0 Å². The zero-order valence-corrected chi connectivity index (χ0v) is 10.5. The number of rotatable bonds is 6. The quantitative estimate of drug-likeness (QED) is 0.675. The van der Waals surface area contributed by atoms with Gasteiger partial charge in [-0.25, -0.2) is 13.1 Å². The highest BCUT2D eigenvalue weighted by Gasteiger charge is 2.27. The van der Waals surface area contributed by atoms with Crippen LogP contribution in [-0.4, -0.2) is 32.2 Å². The Bertz CT molecular complexity index is 372. The molecule has 2 unspecified atom stereocenters. The van der Waals surface area contributed by atoms with Gasteiger partial charge in [0.15, 0.2) is 5.25 Å². The first-order valence-corrected chi connectivity index (χ1v) is 6.62. The van der Waals surface area contributed by atoms with Crippen LogP contribution in [0.4, 0.5) is 0 Å². The second kappa shape index (κ2) is 6.45. The molecule has 7 heteroatoms. The summed E-state index contributed by atoms with van der Waals surface area (Å²) in [6.45, 7) is 5.21. The van der Waals surface area contributed by atoms with E-state index < -0.39 is 27.2 Å². The van der Waals surface area contributed by atoms with Crippen molar-refractivity contribution in [1.82, 2.24) is 10.0 Å². The van der Waals surface area contributed by atoms with Gasteiger partial charge in [-0.3, -0.25) is 4.79 Å². The van der Waals surface area contributed by atoms with E-state index in [0.717, 1.165) is 0 Å². The van der Waals surface area contributed by atoms with Crippen LogP contribution in [-0.2, 0) is 14.8 Å². The highest BCUT2D eigenvalue weighted by atomic mass is 32.2. The molecule has 0 spiro atoms. The van der Waals surface area contributed by atoms with Crippen molar-refractivity contribution in [2.24, 2.45) is 0 Å². The Labute approximate surface area is 96.1 Å². The average molecular weight is 247 g/mol. The summed E-state index contributed by atoms with van der Waals surface area (Å²) >= 11 is 0. The molecular formula is C9H17N3O3S. The van der Waals surface area contributed by atoms with Crippen molar-refractivity contribution in [2.45, 2.75) is 38.5 Å². The van der Waals surface area contributed by atoms with Crippen molar-refractivity contribution < 1.29 is 13.2 Å². The summed E-state index contributed by atoms with van der Waals surface area (Å²) < 4.78 is 25.4. The fourth-order valence-electron chi connectivity index (χ4n) is 1.09. The average Bonchev–Trinajstić information content (AvgIpc) is 2.18. The van der Waals surface area contributed by atoms with E-state index in [9.17, 15) is 13.2 Å². The molecule has 0 aliphatic heterocycles. The minimum atomic E-state index is -3.76. The Morgan fingerprint density at radius 1 is 1.44 bits per heavy atom. The van der Waals surface area contributed by atoms with Gasteiger partial charge in [-0.1, -0.05) is 6.92 Å². The Morgan fingerprint density at radius 3 is 2.38 bits per heavy atom. The smallest absolute Gasteiger partial charge is 0.237 e. The lowest BCUT2D eigenvalue weighted by Crippen LogP contribution is -2.47. The third-order valence-electron chi connectivity index (χ3n) is 1.97. The van der Waals surface area contributed by atoms with Crippen LogP contribution in [0.25, 0.3) is 0 Å². The molecule has 2 N–H and O–H groups in total. The van der Waals surface area contributed by atoms with Gasteiger partial charge >= 0.3 is 0 Å². The van der Waals surface area contributed by atoms with E-state index in [1.807, 2.05) is 0 Å². The highest BCUT2D eigenvalue weighted by Crippen LogP contribution is 2.03. The molecule has 92 valence electrons. The molecule has 0 aliphatic rings. The summed E-state index contributed by atoms with van der Waals surface area (Å²) in [5, 5.41) is 10.0. The Kier molecular flexibility index (Phi) is 6.00. The van der Waals surface area contributed by atoms with E-state index in [1.54, 1.807) is 19.9 Å². The van der Waals surface area contributed by atoms with E-state index in [0.29, 0.717) is 6.54 Å². The summed E-state index contributed by atoms with van der Waals surface area (Å²) in [5.74, 6) is -0.404. The number of hydrogen-bond donors (Lipinski definition) is 2. The molecule has 0 aromatic rings. The summed E-state index contributed by atoms with van der Waals surface area (Å²) in [7, 11) is -3.76. The minimum absolute atomic E-state index is 0.188. The Morgan fingerprint density at radius 2 is 2.00 bits per heavy atom. The van der Waals surface area contributed by atoms with Crippen LogP contribution in [0.15, 0.2) is 0 Å². The van der Waals surface area contributed by atoms with Crippen molar-refractivity contribution in [3.05, 3.63) is 0 Å². The van der Waals surface area contributed by atoms with Crippen LogP contribution in [0, 0.1) is 11.3 Å². The second-order valence-electron chi connectivity index (χ2n) is 3.31. The number of sulfonamides is 1. The highest BCUT2D eigenvalue weighted by molar-refractivity contribution is 7.90. The zero-order valence-electron chi connectivity index (χ0n) is 9.65. The number of carbonyl (C=O) groups excluding carboxylic acids is 1. The van der Waals surface area contributed by atoms with E-state index in [-0.39, 0.29) is 6.42 Å². The molecule has 0 bridgehead atoms. The third kappa shape index (κ3) is 4.16. The summed E-state index contributed by atoms with van der Waals surface area (Å²) in [5.41, 5.74) is 0. The number of nitriles is 1. The minimum Gasteiger partial charge on any atom is -0.355 e. The number of hydrogen-bond acceptors (Lipinski definition) is 4. The molecule has 0 fully saturated rings. The number of likely N-dealkylation sites (N-methyl/N-ethyl adjacent to an activating group) is 1. The van der Waals surface area contributed by atoms with Gasteiger partial charge in [0.1, 0.15) is 0 Å². The largest absolute Gasteiger partial charge is 0.355 e. The molecule has 0 saturated heterocycles. The van der Waals surface area contributed by atoms with Crippen LogP contribution in [0.5, 0.6) is 0 Å². The standard InChI is InChI=1S/C9H17N3O3S/c1-4-8(6-10)16(14,15)12-7(3)9(13)11-5-2/h7-8,12H,4-5H2,1-3H3,(H,11,13). The second-order valence-corrected chi connectivity index (χ2v) is 5.20. The maximum absolute atomic E-state index is 11.6. The Hall–Kier alpha value is -1.13. The molecule has 0 aromatic heterocycles. The molecule has 6 nitrogen and oxygen atoms in total. The Balaban J connectivity index is 4.61. The molecule has 0 saturated carbocycles. The number of carbonyl (C=O) groups is 1. The van der Waals surface area contributed by atoms with Crippen LogP contribution < -0.4 is 10.0 Å². The fourth-order valence-corrected chi connectivity index (χ4v) is 2.43. The molecular weight excluding hydrogens is 230 g/mol. The van der Waals surface area contributed by atoms with Crippen molar-refractivity contribution in [3.8, 4) is 6.07 Å². The number of amides is 1. The van der Waals surface area contributed by atoms with Gasteiger partial charge in [0.25, 0.3) is 0 Å². The van der Waals surface area contributed by atoms with E-state index in [4.69, 9.17) is 5.26 Å².